The maximum Gasteiger partial charge on any atom is 0.247 e. The number of hydrogen-bond donors (Lipinski definition) is 4. The molecule has 1 aliphatic heterocycles. The fraction of sp³-hybridized carbons (Fsp3) is 0.429. The van der Waals surface area contributed by atoms with Gasteiger partial charge in [-0.25, -0.2) is 4.39 Å². The number of nitrogens with zero attached hydrogens (tertiary/aromatic N) is 1. The highest BCUT2D eigenvalue weighted by atomic mass is 19.1. The van der Waals surface area contributed by atoms with Crippen LogP contribution in [0.1, 0.15) is 35.4 Å². The molecule has 2 aromatic rings. The summed E-state index contributed by atoms with van der Waals surface area (Å²) in [4.78, 5) is 28.2. The van der Waals surface area contributed by atoms with Crippen LogP contribution in [-0.2, 0) is 22.7 Å². The molecule has 2 aliphatic carbocycles. The third kappa shape index (κ3) is 4.75. The van der Waals surface area contributed by atoms with Crippen molar-refractivity contribution in [1.82, 2.24) is 10.2 Å². The Hall–Kier alpha value is -3.47. The molecule has 2 amide bonds. The smallest absolute Gasteiger partial charge is 0.247 e. The first-order chi connectivity index (χ1) is 18.4. The molecule has 3 aliphatic rings. The molecule has 0 radical (unpaired) electrons. The van der Waals surface area contributed by atoms with Crippen molar-refractivity contribution in [1.29, 1.82) is 0 Å². The van der Waals surface area contributed by atoms with E-state index in [1.54, 1.807) is 36.4 Å². The van der Waals surface area contributed by atoms with Crippen molar-refractivity contribution in [2.75, 3.05) is 20.3 Å². The second-order valence-electron chi connectivity index (χ2n) is 9.85. The summed E-state index contributed by atoms with van der Waals surface area (Å²) >= 11 is 0. The zero-order chi connectivity index (χ0) is 27.0. The van der Waals surface area contributed by atoms with E-state index >= 15 is 0 Å². The second kappa shape index (κ2) is 10.7. The molecule has 4 N–H and O–H groups in total. The summed E-state index contributed by atoms with van der Waals surface area (Å²) < 4.78 is 26.3. The summed E-state index contributed by atoms with van der Waals surface area (Å²) in [5, 5.41) is 33.3. The number of halogens is 1. The van der Waals surface area contributed by atoms with E-state index in [9.17, 15) is 29.3 Å². The van der Waals surface area contributed by atoms with E-state index in [1.807, 2.05) is 0 Å². The molecule has 2 aromatic carbocycles. The number of carbonyl (C=O) groups is 2. The van der Waals surface area contributed by atoms with Crippen LogP contribution in [0.4, 0.5) is 4.39 Å². The lowest BCUT2D eigenvalue weighted by Gasteiger charge is -2.41. The van der Waals surface area contributed by atoms with Crippen LogP contribution in [0.3, 0.4) is 0 Å². The van der Waals surface area contributed by atoms with Crippen molar-refractivity contribution in [3.05, 3.63) is 70.6 Å². The Labute approximate surface area is 219 Å². The Bertz CT molecular complexity index is 1260. The van der Waals surface area contributed by atoms with Gasteiger partial charge in [-0.1, -0.05) is 18.2 Å². The van der Waals surface area contributed by atoms with E-state index in [0.717, 1.165) is 0 Å². The molecule has 202 valence electrons. The summed E-state index contributed by atoms with van der Waals surface area (Å²) in [6.07, 6.45) is 0.762. The predicted octanol–water partition coefficient (Wildman–Crippen LogP) is 1.39. The van der Waals surface area contributed by atoms with Crippen molar-refractivity contribution < 1.29 is 38.8 Å². The maximum absolute atomic E-state index is 14.6. The topological polar surface area (TPSA) is 129 Å². The van der Waals surface area contributed by atoms with Crippen LogP contribution in [0.15, 0.2) is 48.0 Å². The van der Waals surface area contributed by atoms with Crippen molar-refractivity contribution in [3.63, 3.8) is 0 Å². The molecule has 0 saturated heterocycles. The van der Waals surface area contributed by atoms with E-state index < -0.39 is 35.9 Å². The summed E-state index contributed by atoms with van der Waals surface area (Å²) in [5.41, 5.74) is 1.65. The highest BCUT2D eigenvalue weighted by molar-refractivity contribution is 5.96. The van der Waals surface area contributed by atoms with Crippen LogP contribution in [-0.4, -0.2) is 70.5 Å². The number of fused-ring (bicyclic) bond motifs is 3. The SMILES string of the molecule is COc1cc(CO)cc2c1OC1C2C(C(=O)NCCO)=CC(N(Cc2ccccc2F)C(=O)C2CC2)C1O. The highest BCUT2D eigenvalue weighted by Gasteiger charge is 2.52. The number of rotatable bonds is 9. The van der Waals surface area contributed by atoms with Gasteiger partial charge in [-0.2, -0.15) is 0 Å². The number of amides is 2. The van der Waals surface area contributed by atoms with Gasteiger partial charge in [0.2, 0.25) is 11.8 Å². The first kappa shape index (κ1) is 26.1. The highest BCUT2D eigenvalue weighted by Crippen LogP contribution is 2.51. The zero-order valence-electron chi connectivity index (χ0n) is 21.0. The van der Waals surface area contributed by atoms with Crippen LogP contribution in [0, 0.1) is 11.7 Å². The van der Waals surface area contributed by atoms with Crippen LogP contribution in [0.25, 0.3) is 0 Å². The predicted molar refractivity (Wildman–Crippen MR) is 134 cm³/mol. The normalized spacial score (nSPS) is 23.6. The molecule has 1 saturated carbocycles. The van der Waals surface area contributed by atoms with Crippen LogP contribution >= 0.6 is 0 Å². The summed E-state index contributed by atoms with van der Waals surface area (Å²) in [5.74, 6) is -1.44. The van der Waals surface area contributed by atoms with Gasteiger partial charge in [0.05, 0.1) is 32.3 Å². The molecule has 1 heterocycles. The Balaban J connectivity index is 1.60. The molecule has 0 bridgehead atoms. The lowest BCUT2D eigenvalue weighted by Crippen LogP contribution is -2.55. The van der Waals surface area contributed by atoms with Gasteiger partial charge in [0, 0.05) is 35.7 Å². The quantitative estimate of drug-likeness (QED) is 0.389. The van der Waals surface area contributed by atoms with E-state index in [0.29, 0.717) is 41.0 Å². The van der Waals surface area contributed by atoms with E-state index in [-0.39, 0.29) is 43.7 Å². The average Bonchev–Trinajstić information content (AvgIpc) is 3.71. The fourth-order valence-corrected chi connectivity index (χ4v) is 5.32. The second-order valence-corrected chi connectivity index (χ2v) is 9.85. The number of ether oxygens (including phenoxy) is 2. The molecule has 4 atom stereocenters. The molecule has 10 heteroatoms. The van der Waals surface area contributed by atoms with E-state index in [2.05, 4.69) is 5.32 Å². The van der Waals surface area contributed by atoms with Gasteiger partial charge in [-0.3, -0.25) is 9.59 Å². The minimum absolute atomic E-state index is 0.00837. The molecule has 5 rings (SSSR count). The van der Waals surface area contributed by atoms with Gasteiger partial charge >= 0.3 is 0 Å². The van der Waals surface area contributed by atoms with Crippen molar-refractivity contribution in [3.8, 4) is 11.5 Å². The summed E-state index contributed by atoms with van der Waals surface area (Å²) in [6, 6.07) is 8.49. The lowest BCUT2D eigenvalue weighted by atomic mass is 9.77. The third-order valence-electron chi connectivity index (χ3n) is 7.36. The Morgan fingerprint density at radius 1 is 1.21 bits per heavy atom. The van der Waals surface area contributed by atoms with Crippen molar-refractivity contribution in [2.45, 2.75) is 50.2 Å². The molecule has 1 fully saturated rings. The molecule has 4 unspecified atom stereocenters. The molecular formula is C28H31FN2O7. The molecular weight excluding hydrogens is 495 g/mol. The first-order valence-corrected chi connectivity index (χ1v) is 12.7. The molecule has 38 heavy (non-hydrogen) atoms. The number of aliphatic hydroxyl groups excluding tert-OH is 3. The van der Waals surface area contributed by atoms with Crippen LogP contribution in [0.5, 0.6) is 11.5 Å². The molecule has 0 spiro atoms. The number of carbonyl (C=O) groups excluding carboxylic acids is 2. The number of aliphatic hydroxyl groups is 3. The van der Waals surface area contributed by atoms with Gasteiger partial charge in [-0.15, -0.1) is 0 Å². The molecule has 9 nitrogen and oxygen atoms in total. The van der Waals surface area contributed by atoms with Crippen molar-refractivity contribution in [2.24, 2.45) is 5.92 Å². The van der Waals surface area contributed by atoms with E-state index in [1.165, 1.54) is 18.1 Å². The number of benzene rings is 2. The maximum atomic E-state index is 14.6. The summed E-state index contributed by atoms with van der Waals surface area (Å²) in [7, 11) is 1.45. The van der Waals surface area contributed by atoms with Gasteiger partial charge in [0.25, 0.3) is 0 Å². The Morgan fingerprint density at radius 3 is 2.63 bits per heavy atom. The minimum atomic E-state index is -1.25. The van der Waals surface area contributed by atoms with Gasteiger partial charge in [0.15, 0.2) is 11.5 Å². The minimum Gasteiger partial charge on any atom is -0.493 e. The summed E-state index contributed by atoms with van der Waals surface area (Å²) in [6.45, 7) is -0.620. The average molecular weight is 527 g/mol. The van der Waals surface area contributed by atoms with Gasteiger partial charge in [0.1, 0.15) is 18.0 Å². The number of nitrogens with one attached hydrogen (secondary N) is 1. The van der Waals surface area contributed by atoms with Crippen LogP contribution in [0.2, 0.25) is 0 Å². The van der Waals surface area contributed by atoms with Gasteiger partial charge in [-0.05, 0) is 42.7 Å². The number of methoxy groups -OCH3 is 1. The first-order valence-electron chi connectivity index (χ1n) is 12.7. The monoisotopic (exact) mass is 526 g/mol. The lowest BCUT2D eigenvalue weighted by molar-refractivity contribution is -0.139. The van der Waals surface area contributed by atoms with Gasteiger partial charge < -0.3 is 35.0 Å². The van der Waals surface area contributed by atoms with E-state index in [4.69, 9.17) is 9.47 Å². The Morgan fingerprint density at radius 2 is 1.97 bits per heavy atom. The molecule has 0 aromatic heterocycles. The third-order valence-corrected chi connectivity index (χ3v) is 7.36. The zero-order valence-corrected chi connectivity index (χ0v) is 21.0. The number of hydrogen-bond acceptors (Lipinski definition) is 7. The fourth-order valence-electron chi connectivity index (χ4n) is 5.32. The van der Waals surface area contributed by atoms with Crippen LogP contribution < -0.4 is 14.8 Å². The standard InChI is InChI=1S/C28H31FN2O7/c1-37-22-11-15(14-33)10-18-23-19(27(35)30-8-9-32)12-21(24(34)26(23)38-25(18)22)31(28(36)16-6-7-16)13-17-4-2-3-5-20(17)29/h2-5,10-12,16,21,23-24,26,32-34H,6-9,13-14H2,1H3,(H,30,35). The Kier molecular flexibility index (Phi) is 7.38. The van der Waals surface area contributed by atoms with Crippen molar-refractivity contribution >= 4 is 11.8 Å². The largest absolute Gasteiger partial charge is 0.493 e.